The number of para-hydroxylation sites is 1. The Hall–Kier alpha value is -2.28. The molecule has 2 aliphatic rings. The fourth-order valence-corrected chi connectivity index (χ4v) is 3.37. The number of cyclic esters (lactones) is 1. The van der Waals surface area contributed by atoms with Crippen LogP contribution in [-0.4, -0.2) is 68.4 Å². The zero-order valence-corrected chi connectivity index (χ0v) is 15.2. The van der Waals surface area contributed by atoms with Crippen molar-refractivity contribution in [3.05, 3.63) is 30.3 Å². The molecular formula is C19H27N3O4. The number of nitrogens with zero attached hydrogens (tertiary/aromatic N) is 2. The van der Waals surface area contributed by atoms with Crippen LogP contribution in [0.4, 0.5) is 10.5 Å². The summed E-state index contributed by atoms with van der Waals surface area (Å²) in [5.74, 6) is -0.245. The van der Waals surface area contributed by atoms with Gasteiger partial charge in [-0.25, -0.2) is 4.79 Å². The minimum atomic E-state index is -0.436. The molecule has 3 rings (SSSR count). The Labute approximate surface area is 154 Å². The van der Waals surface area contributed by atoms with Gasteiger partial charge in [-0.3, -0.25) is 9.69 Å². The minimum Gasteiger partial charge on any atom is -0.462 e. The lowest BCUT2D eigenvalue weighted by atomic mass is 10.1. The summed E-state index contributed by atoms with van der Waals surface area (Å²) in [5, 5.41) is 2.84. The smallest absolute Gasteiger partial charge is 0.408 e. The number of benzene rings is 1. The number of hydrogen-bond donors (Lipinski definition) is 1. The topological polar surface area (TPSA) is 71.1 Å². The molecule has 2 heterocycles. The highest BCUT2D eigenvalue weighted by Crippen LogP contribution is 2.17. The molecular weight excluding hydrogens is 334 g/mol. The fraction of sp³-hybridized carbons (Fsp3) is 0.579. The lowest BCUT2D eigenvalue weighted by molar-refractivity contribution is -0.146. The maximum atomic E-state index is 11.6. The first-order valence-corrected chi connectivity index (χ1v) is 9.31. The van der Waals surface area contributed by atoms with Crippen LogP contribution in [0.1, 0.15) is 19.8 Å². The third-order valence-electron chi connectivity index (χ3n) is 4.82. The standard InChI is InChI=1S/C19H27N3O4/c1-2-6-18(23)25-14-17-16(20-19(24)26-17)13-21-9-11-22(12-10-21)15-7-4-3-5-8-15/h3-5,7-8,16-17H,2,6,9-14H2,1H3,(H,20,24)/t16-,17-/m1/s1. The number of ether oxygens (including phenoxy) is 2. The van der Waals surface area contributed by atoms with Crippen LogP contribution >= 0.6 is 0 Å². The second-order valence-electron chi connectivity index (χ2n) is 6.75. The van der Waals surface area contributed by atoms with E-state index in [0.29, 0.717) is 13.0 Å². The minimum absolute atomic E-state index is 0.117. The number of carbonyl (C=O) groups excluding carboxylic acids is 2. The lowest BCUT2D eigenvalue weighted by Gasteiger charge is -2.37. The van der Waals surface area contributed by atoms with Gasteiger partial charge in [0.1, 0.15) is 6.61 Å². The summed E-state index contributed by atoms with van der Waals surface area (Å²) in [6.07, 6.45) is 0.279. The second kappa shape index (κ2) is 8.89. The molecule has 2 atom stereocenters. The van der Waals surface area contributed by atoms with Crippen molar-refractivity contribution in [2.45, 2.75) is 31.9 Å². The molecule has 1 N–H and O–H groups in total. The van der Waals surface area contributed by atoms with Crippen molar-refractivity contribution in [3.8, 4) is 0 Å². The Balaban J connectivity index is 1.47. The molecule has 1 aromatic carbocycles. The monoisotopic (exact) mass is 361 g/mol. The van der Waals surface area contributed by atoms with Gasteiger partial charge in [-0.15, -0.1) is 0 Å². The molecule has 2 aliphatic heterocycles. The van der Waals surface area contributed by atoms with Crippen molar-refractivity contribution in [1.82, 2.24) is 10.2 Å². The summed E-state index contributed by atoms with van der Waals surface area (Å²) < 4.78 is 10.5. The molecule has 1 amide bonds. The summed E-state index contributed by atoms with van der Waals surface area (Å²) in [5.41, 5.74) is 1.24. The van der Waals surface area contributed by atoms with Crippen LogP contribution in [-0.2, 0) is 14.3 Å². The number of carbonyl (C=O) groups is 2. The molecule has 0 saturated carbocycles. The summed E-state index contributed by atoms with van der Waals surface area (Å²) in [7, 11) is 0. The SMILES string of the molecule is CCCC(=O)OC[C@H]1OC(=O)N[C@@H]1CN1CCN(c2ccccc2)CC1. The summed E-state index contributed by atoms with van der Waals surface area (Å²) in [6, 6.07) is 10.2. The molecule has 2 fully saturated rings. The number of hydrogen-bond acceptors (Lipinski definition) is 6. The zero-order chi connectivity index (χ0) is 18.4. The van der Waals surface area contributed by atoms with Gasteiger partial charge in [0.25, 0.3) is 0 Å². The van der Waals surface area contributed by atoms with Crippen LogP contribution in [0.15, 0.2) is 30.3 Å². The highest BCUT2D eigenvalue weighted by molar-refractivity contribution is 5.71. The Morgan fingerprint density at radius 3 is 2.65 bits per heavy atom. The van der Waals surface area contributed by atoms with E-state index in [0.717, 1.165) is 32.6 Å². The molecule has 0 aromatic heterocycles. The van der Waals surface area contributed by atoms with Gasteiger partial charge in [-0.1, -0.05) is 25.1 Å². The fourth-order valence-electron chi connectivity index (χ4n) is 3.37. The van der Waals surface area contributed by atoms with Crippen molar-refractivity contribution in [1.29, 1.82) is 0 Å². The zero-order valence-electron chi connectivity index (χ0n) is 15.2. The number of alkyl carbamates (subject to hydrolysis) is 1. The van der Waals surface area contributed by atoms with E-state index >= 15 is 0 Å². The van der Waals surface area contributed by atoms with Crippen LogP contribution in [0, 0.1) is 0 Å². The van der Waals surface area contributed by atoms with Crippen molar-refractivity contribution in [2.75, 3.05) is 44.2 Å². The number of anilines is 1. The third-order valence-corrected chi connectivity index (χ3v) is 4.82. The second-order valence-corrected chi connectivity index (χ2v) is 6.75. The molecule has 0 aliphatic carbocycles. The van der Waals surface area contributed by atoms with Crippen LogP contribution in [0.25, 0.3) is 0 Å². The lowest BCUT2D eigenvalue weighted by Crippen LogP contribution is -2.52. The van der Waals surface area contributed by atoms with E-state index in [4.69, 9.17) is 9.47 Å². The van der Waals surface area contributed by atoms with Gasteiger partial charge in [0, 0.05) is 44.8 Å². The van der Waals surface area contributed by atoms with E-state index in [1.807, 2.05) is 13.0 Å². The number of amides is 1. The first kappa shape index (κ1) is 18.5. The van der Waals surface area contributed by atoms with E-state index in [9.17, 15) is 9.59 Å². The summed E-state index contributed by atoms with van der Waals surface area (Å²) >= 11 is 0. The highest BCUT2D eigenvalue weighted by atomic mass is 16.6. The Morgan fingerprint density at radius 2 is 1.96 bits per heavy atom. The first-order chi connectivity index (χ1) is 12.7. The molecule has 0 spiro atoms. The quantitative estimate of drug-likeness (QED) is 0.745. The molecule has 26 heavy (non-hydrogen) atoms. The average molecular weight is 361 g/mol. The molecule has 7 heteroatoms. The van der Waals surface area contributed by atoms with Crippen LogP contribution in [0.2, 0.25) is 0 Å². The van der Waals surface area contributed by atoms with E-state index in [2.05, 4.69) is 39.4 Å². The maximum absolute atomic E-state index is 11.6. The predicted molar refractivity (Wildman–Crippen MR) is 98.2 cm³/mol. The number of piperazine rings is 1. The molecule has 2 saturated heterocycles. The van der Waals surface area contributed by atoms with Gasteiger partial charge in [0.15, 0.2) is 6.10 Å². The Morgan fingerprint density at radius 1 is 1.23 bits per heavy atom. The normalized spacial score (nSPS) is 23.4. The van der Waals surface area contributed by atoms with E-state index in [1.54, 1.807) is 0 Å². The van der Waals surface area contributed by atoms with Gasteiger partial charge in [0.2, 0.25) is 0 Å². The van der Waals surface area contributed by atoms with E-state index in [1.165, 1.54) is 5.69 Å². The van der Waals surface area contributed by atoms with Crippen LogP contribution < -0.4 is 10.2 Å². The average Bonchev–Trinajstić information content (AvgIpc) is 3.01. The van der Waals surface area contributed by atoms with Gasteiger partial charge in [-0.2, -0.15) is 0 Å². The first-order valence-electron chi connectivity index (χ1n) is 9.31. The van der Waals surface area contributed by atoms with Crippen LogP contribution in [0.5, 0.6) is 0 Å². The third kappa shape index (κ3) is 4.88. The molecule has 142 valence electrons. The Kier molecular flexibility index (Phi) is 6.33. The van der Waals surface area contributed by atoms with Gasteiger partial charge >= 0.3 is 12.1 Å². The number of rotatable bonds is 7. The van der Waals surface area contributed by atoms with Crippen molar-refractivity contribution < 1.29 is 19.1 Å². The molecule has 1 aromatic rings. The van der Waals surface area contributed by atoms with Gasteiger partial charge in [0.05, 0.1) is 6.04 Å². The van der Waals surface area contributed by atoms with E-state index in [-0.39, 0.29) is 18.6 Å². The molecule has 0 radical (unpaired) electrons. The van der Waals surface area contributed by atoms with Crippen LogP contribution in [0.3, 0.4) is 0 Å². The highest BCUT2D eigenvalue weighted by Gasteiger charge is 2.36. The van der Waals surface area contributed by atoms with Crippen molar-refractivity contribution in [2.24, 2.45) is 0 Å². The van der Waals surface area contributed by atoms with Crippen molar-refractivity contribution in [3.63, 3.8) is 0 Å². The van der Waals surface area contributed by atoms with E-state index < -0.39 is 12.2 Å². The summed E-state index contributed by atoms with van der Waals surface area (Å²) in [4.78, 5) is 27.8. The largest absolute Gasteiger partial charge is 0.462 e. The number of esters is 1. The predicted octanol–water partition coefficient (Wildman–Crippen LogP) is 1.63. The van der Waals surface area contributed by atoms with Crippen molar-refractivity contribution >= 4 is 17.7 Å². The number of nitrogens with one attached hydrogen (secondary N) is 1. The molecule has 0 unspecified atom stereocenters. The van der Waals surface area contributed by atoms with Gasteiger partial charge in [-0.05, 0) is 18.6 Å². The molecule has 0 bridgehead atoms. The maximum Gasteiger partial charge on any atom is 0.408 e. The Bertz CT molecular complexity index is 602. The molecule has 7 nitrogen and oxygen atoms in total. The van der Waals surface area contributed by atoms with Gasteiger partial charge < -0.3 is 19.7 Å². The summed E-state index contributed by atoms with van der Waals surface area (Å²) in [6.45, 7) is 6.48.